The van der Waals surface area contributed by atoms with Crippen LogP contribution in [-0.4, -0.2) is 10.1 Å². The first-order chi connectivity index (χ1) is 7.36. The van der Waals surface area contributed by atoms with Crippen LogP contribution in [0.4, 0.5) is 0 Å². The fourth-order valence-corrected chi connectivity index (χ4v) is 1.89. The summed E-state index contributed by atoms with van der Waals surface area (Å²) < 4.78 is 0. The van der Waals surface area contributed by atoms with E-state index in [2.05, 4.69) is 4.98 Å². The van der Waals surface area contributed by atoms with Crippen LogP contribution in [0.5, 0.6) is 5.75 Å². The summed E-state index contributed by atoms with van der Waals surface area (Å²) in [6, 6.07) is 13.3. The summed E-state index contributed by atoms with van der Waals surface area (Å²) in [7, 11) is 0. The van der Waals surface area contributed by atoms with Crippen molar-refractivity contribution in [3.05, 3.63) is 48.7 Å². The van der Waals surface area contributed by atoms with Gasteiger partial charge >= 0.3 is 0 Å². The van der Waals surface area contributed by atoms with Crippen LogP contribution in [0.15, 0.2) is 48.7 Å². The van der Waals surface area contributed by atoms with Crippen molar-refractivity contribution in [2.75, 3.05) is 0 Å². The average Bonchev–Trinajstić information content (AvgIpc) is 2.29. The van der Waals surface area contributed by atoms with Gasteiger partial charge in [-0.2, -0.15) is 0 Å². The molecular formula is C13H10ClNO. The van der Waals surface area contributed by atoms with Gasteiger partial charge in [-0.1, -0.05) is 30.3 Å². The lowest BCUT2D eigenvalue weighted by atomic mass is 10.1. The molecule has 2 nitrogen and oxygen atoms in total. The van der Waals surface area contributed by atoms with Crippen molar-refractivity contribution >= 4 is 34.1 Å². The molecule has 0 atom stereocenters. The first-order valence-corrected chi connectivity index (χ1v) is 4.82. The second-order valence-electron chi connectivity index (χ2n) is 3.52. The molecule has 0 radical (unpaired) electrons. The standard InChI is InChI=1S/C13H9NO.ClH/c15-12-7-3-6-11-13(12)10-5-2-1-4-9(10)8-14-11;/h1-8,15H;1H. The lowest BCUT2D eigenvalue weighted by Gasteiger charge is -2.04. The van der Waals surface area contributed by atoms with E-state index < -0.39 is 0 Å². The van der Waals surface area contributed by atoms with Gasteiger partial charge in [-0.05, 0) is 17.5 Å². The Morgan fingerprint density at radius 1 is 0.938 bits per heavy atom. The molecule has 0 aliphatic rings. The van der Waals surface area contributed by atoms with E-state index in [0.29, 0.717) is 0 Å². The molecule has 0 amide bonds. The van der Waals surface area contributed by atoms with Gasteiger partial charge in [0, 0.05) is 17.0 Å². The highest BCUT2D eigenvalue weighted by molar-refractivity contribution is 6.08. The summed E-state index contributed by atoms with van der Waals surface area (Å²) in [6.45, 7) is 0. The fraction of sp³-hybridized carbons (Fsp3) is 0. The number of nitrogens with zero attached hydrogens (tertiary/aromatic N) is 1. The van der Waals surface area contributed by atoms with E-state index in [1.54, 1.807) is 12.1 Å². The number of phenols is 1. The molecule has 1 aromatic heterocycles. The minimum atomic E-state index is 0. The number of pyridine rings is 1. The third-order valence-electron chi connectivity index (χ3n) is 2.59. The number of aromatic nitrogens is 1. The van der Waals surface area contributed by atoms with Crippen LogP contribution in [0.1, 0.15) is 0 Å². The van der Waals surface area contributed by atoms with Gasteiger partial charge in [0.2, 0.25) is 0 Å². The summed E-state index contributed by atoms with van der Waals surface area (Å²) in [4.78, 5) is 4.31. The van der Waals surface area contributed by atoms with Crippen LogP contribution in [0.2, 0.25) is 0 Å². The molecule has 0 unspecified atom stereocenters. The Hall–Kier alpha value is -1.80. The predicted octanol–water partition coefficient (Wildman–Crippen LogP) is 3.52. The molecule has 3 heteroatoms. The van der Waals surface area contributed by atoms with E-state index in [4.69, 9.17) is 0 Å². The minimum Gasteiger partial charge on any atom is -0.507 e. The Labute approximate surface area is 99.0 Å². The summed E-state index contributed by atoms with van der Waals surface area (Å²) in [6.07, 6.45) is 1.83. The van der Waals surface area contributed by atoms with E-state index >= 15 is 0 Å². The quantitative estimate of drug-likeness (QED) is 0.601. The molecule has 80 valence electrons. The number of hydrogen-bond donors (Lipinski definition) is 1. The zero-order chi connectivity index (χ0) is 10.3. The predicted molar refractivity (Wildman–Crippen MR) is 68.2 cm³/mol. The Morgan fingerprint density at radius 2 is 1.75 bits per heavy atom. The molecule has 0 spiro atoms. The molecule has 0 saturated carbocycles. The van der Waals surface area contributed by atoms with Crippen molar-refractivity contribution in [3.63, 3.8) is 0 Å². The highest BCUT2D eigenvalue weighted by Gasteiger charge is 2.04. The third-order valence-corrected chi connectivity index (χ3v) is 2.59. The number of hydrogen-bond acceptors (Lipinski definition) is 2. The first kappa shape index (κ1) is 10.7. The number of fused-ring (bicyclic) bond motifs is 3. The molecule has 3 rings (SSSR count). The van der Waals surface area contributed by atoms with Crippen molar-refractivity contribution in [3.8, 4) is 5.75 Å². The van der Waals surface area contributed by atoms with Crippen LogP contribution >= 0.6 is 12.4 Å². The van der Waals surface area contributed by atoms with Gasteiger partial charge in [0.1, 0.15) is 5.75 Å². The van der Waals surface area contributed by atoms with E-state index in [-0.39, 0.29) is 18.2 Å². The van der Waals surface area contributed by atoms with E-state index in [0.717, 1.165) is 21.7 Å². The minimum absolute atomic E-state index is 0. The molecule has 0 fully saturated rings. The molecule has 3 aromatic rings. The van der Waals surface area contributed by atoms with Crippen molar-refractivity contribution in [1.82, 2.24) is 4.98 Å². The maximum atomic E-state index is 9.83. The molecule has 0 aliphatic carbocycles. The van der Waals surface area contributed by atoms with E-state index in [1.807, 2.05) is 36.5 Å². The highest BCUT2D eigenvalue weighted by Crippen LogP contribution is 2.30. The Bertz CT molecular complexity index is 652. The normalized spacial score (nSPS) is 10.2. The average molecular weight is 232 g/mol. The summed E-state index contributed by atoms with van der Waals surface area (Å²) in [5.41, 5.74) is 0.828. The lowest BCUT2D eigenvalue weighted by molar-refractivity contribution is 0.482. The zero-order valence-electron chi connectivity index (χ0n) is 8.42. The molecule has 2 aromatic carbocycles. The molecule has 0 aliphatic heterocycles. The molecule has 1 heterocycles. The number of halogens is 1. The van der Waals surface area contributed by atoms with Crippen LogP contribution < -0.4 is 0 Å². The largest absolute Gasteiger partial charge is 0.507 e. The molecule has 1 N–H and O–H groups in total. The summed E-state index contributed by atoms with van der Waals surface area (Å²) >= 11 is 0. The molecule has 0 saturated heterocycles. The molecule has 0 bridgehead atoms. The Morgan fingerprint density at radius 3 is 2.62 bits per heavy atom. The Balaban J connectivity index is 0.000000963. The van der Waals surface area contributed by atoms with E-state index in [9.17, 15) is 5.11 Å². The van der Waals surface area contributed by atoms with Gasteiger partial charge in [-0.3, -0.25) is 4.98 Å². The van der Waals surface area contributed by atoms with Gasteiger partial charge in [0.15, 0.2) is 0 Å². The van der Waals surface area contributed by atoms with E-state index in [1.165, 1.54) is 0 Å². The van der Waals surface area contributed by atoms with Crippen molar-refractivity contribution < 1.29 is 5.11 Å². The molecule has 16 heavy (non-hydrogen) atoms. The third kappa shape index (κ3) is 1.48. The van der Waals surface area contributed by atoms with Crippen LogP contribution in [0, 0.1) is 0 Å². The second-order valence-corrected chi connectivity index (χ2v) is 3.52. The second kappa shape index (κ2) is 3.99. The van der Waals surface area contributed by atoms with Crippen molar-refractivity contribution in [1.29, 1.82) is 0 Å². The number of aromatic hydroxyl groups is 1. The number of phenolic OH excluding ortho intramolecular Hbond substituents is 1. The molecular weight excluding hydrogens is 222 g/mol. The number of benzene rings is 2. The SMILES string of the molecule is Cl.Oc1cccc2ncc3ccccc3c12. The van der Waals surface area contributed by atoms with Crippen LogP contribution in [0.3, 0.4) is 0 Å². The first-order valence-electron chi connectivity index (χ1n) is 4.82. The van der Waals surface area contributed by atoms with Gasteiger partial charge in [-0.15, -0.1) is 12.4 Å². The van der Waals surface area contributed by atoms with Crippen LogP contribution in [0.25, 0.3) is 21.7 Å². The monoisotopic (exact) mass is 231 g/mol. The summed E-state index contributed by atoms with van der Waals surface area (Å²) in [5, 5.41) is 12.7. The van der Waals surface area contributed by atoms with Gasteiger partial charge in [0.25, 0.3) is 0 Å². The fourth-order valence-electron chi connectivity index (χ4n) is 1.89. The highest BCUT2D eigenvalue weighted by atomic mass is 35.5. The lowest BCUT2D eigenvalue weighted by Crippen LogP contribution is -1.81. The maximum Gasteiger partial charge on any atom is 0.125 e. The Kier molecular flexibility index (Phi) is 2.67. The van der Waals surface area contributed by atoms with Crippen molar-refractivity contribution in [2.24, 2.45) is 0 Å². The van der Waals surface area contributed by atoms with Gasteiger partial charge in [-0.25, -0.2) is 0 Å². The topological polar surface area (TPSA) is 33.1 Å². The summed E-state index contributed by atoms with van der Waals surface area (Å²) in [5.74, 6) is 0.289. The zero-order valence-corrected chi connectivity index (χ0v) is 9.24. The number of rotatable bonds is 0. The van der Waals surface area contributed by atoms with Crippen LogP contribution in [-0.2, 0) is 0 Å². The maximum absolute atomic E-state index is 9.83. The smallest absolute Gasteiger partial charge is 0.125 e. The van der Waals surface area contributed by atoms with Gasteiger partial charge < -0.3 is 5.11 Å². The van der Waals surface area contributed by atoms with Gasteiger partial charge in [0.05, 0.1) is 5.52 Å². The van der Waals surface area contributed by atoms with Crippen molar-refractivity contribution in [2.45, 2.75) is 0 Å².